The van der Waals surface area contributed by atoms with Crippen molar-refractivity contribution in [3.63, 3.8) is 0 Å². The van der Waals surface area contributed by atoms with E-state index < -0.39 is 0 Å². The van der Waals surface area contributed by atoms with Crippen LogP contribution in [-0.2, 0) is 0 Å². The molecule has 2 N–H and O–H groups in total. The lowest BCUT2D eigenvalue weighted by Crippen LogP contribution is -2.46. The smallest absolute Gasteiger partial charge is 0.0610 e. The van der Waals surface area contributed by atoms with Crippen LogP contribution in [0.15, 0.2) is 0 Å². The van der Waals surface area contributed by atoms with Crippen molar-refractivity contribution >= 4 is 0 Å². The van der Waals surface area contributed by atoms with Crippen LogP contribution in [0, 0.1) is 0 Å². The molecule has 3 heteroatoms. The summed E-state index contributed by atoms with van der Waals surface area (Å²) in [6, 6.07) is 0.794. The van der Waals surface area contributed by atoms with E-state index in [1.54, 1.807) is 0 Å². The van der Waals surface area contributed by atoms with Gasteiger partial charge in [-0.25, -0.2) is 0 Å². The Kier molecular flexibility index (Phi) is 7.96. The highest BCUT2D eigenvalue weighted by Gasteiger charge is 2.23. The Morgan fingerprint density at radius 1 is 1.26 bits per heavy atom. The van der Waals surface area contributed by atoms with Crippen molar-refractivity contribution < 1.29 is 5.11 Å². The molecule has 0 aromatic heterocycles. The second-order valence-corrected chi connectivity index (χ2v) is 6.30. The molecule has 2 atom stereocenters. The van der Waals surface area contributed by atoms with Crippen LogP contribution in [0.4, 0.5) is 0 Å². The molecule has 2 unspecified atom stereocenters. The zero-order chi connectivity index (χ0) is 14.1. The molecule has 0 spiro atoms. The van der Waals surface area contributed by atoms with E-state index >= 15 is 0 Å². The maximum Gasteiger partial charge on any atom is 0.0610 e. The SMILES string of the molecule is CCNC(C)(CO)CCCN1CCCCCC1CC. The summed E-state index contributed by atoms with van der Waals surface area (Å²) in [6.07, 6.45) is 9.07. The van der Waals surface area contributed by atoms with Gasteiger partial charge in [0.1, 0.15) is 0 Å². The van der Waals surface area contributed by atoms with E-state index in [0.717, 1.165) is 19.0 Å². The second kappa shape index (κ2) is 8.93. The zero-order valence-electron chi connectivity index (χ0n) is 13.2. The molecule has 0 saturated carbocycles. The first-order valence-corrected chi connectivity index (χ1v) is 8.25. The summed E-state index contributed by atoms with van der Waals surface area (Å²) in [5.41, 5.74) is -0.0949. The quantitative estimate of drug-likeness (QED) is 0.712. The monoisotopic (exact) mass is 270 g/mol. The van der Waals surface area contributed by atoms with E-state index in [-0.39, 0.29) is 12.1 Å². The van der Waals surface area contributed by atoms with Crippen molar-refractivity contribution in [2.24, 2.45) is 0 Å². The average molecular weight is 270 g/mol. The van der Waals surface area contributed by atoms with E-state index in [0.29, 0.717) is 0 Å². The Morgan fingerprint density at radius 2 is 2.05 bits per heavy atom. The lowest BCUT2D eigenvalue weighted by Gasteiger charge is -2.32. The van der Waals surface area contributed by atoms with Crippen LogP contribution < -0.4 is 5.32 Å². The Morgan fingerprint density at radius 3 is 2.68 bits per heavy atom. The van der Waals surface area contributed by atoms with Gasteiger partial charge in [-0.3, -0.25) is 0 Å². The van der Waals surface area contributed by atoms with E-state index in [2.05, 4.69) is 31.0 Å². The predicted molar refractivity (Wildman–Crippen MR) is 82.5 cm³/mol. The van der Waals surface area contributed by atoms with Gasteiger partial charge in [0, 0.05) is 11.6 Å². The van der Waals surface area contributed by atoms with E-state index in [9.17, 15) is 5.11 Å². The Labute approximate surface area is 119 Å². The normalized spacial score (nSPS) is 24.9. The molecule has 19 heavy (non-hydrogen) atoms. The third-order valence-corrected chi connectivity index (χ3v) is 4.60. The Bertz CT molecular complexity index is 235. The maximum absolute atomic E-state index is 9.52. The van der Waals surface area contributed by atoms with Crippen LogP contribution in [0.2, 0.25) is 0 Å². The number of hydrogen-bond acceptors (Lipinski definition) is 3. The summed E-state index contributed by atoms with van der Waals surface area (Å²) in [6.45, 7) is 10.2. The van der Waals surface area contributed by atoms with Crippen molar-refractivity contribution in [3.8, 4) is 0 Å². The predicted octanol–water partition coefficient (Wildman–Crippen LogP) is 2.78. The number of likely N-dealkylation sites (N-methyl/N-ethyl adjacent to an activating group) is 1. The summed E-state index contributed by atoms with van der Waals surface area (Å²) < 4.78 is 0. The van der Waals surface area contributed by atoms with Crippen LogP contribution in [-0.4, -0.2) is 47.8 Å². The fourth-order valence-corrected chi connectivity index (χ4v) is 3.32. The molecule has 0 radical (unpaired) electrons. The average Bonchev–Trinajstić information content (AvgIpc) is 2.64. The highest BCUT2D eigenvalue weighted by atomic mass is 16.3. The molecule has 0 aliphatic carbocycles. The molecule has 1 rings (SSSR count). The van der Waals surface area contributed by atoms with Crippen molar-refractivity contribution in [1.82, 2.24) is 10.2 Å². The number of nitrogens with zero attached hydrogens (tertiary/aromatic N) is 1. The molecule has 114 valence electrons. The first-order chi connectivity index (χ1) is 9.15. The van der Waals surface area contributed by atoms with Crippen molar-refractivity contribution in [3.05, 3.63) is 0 Å². The molecular weight excluding hydrogens is 236 g/mol. The summed E-state index contributed by atoms with van der Waals surface area (Å²) >= 11 is 0. The van der Waals surface area contributed by atoms with Gasteiger partial charge in [0.15, 0.2) is 0 Å². The highest BCUT2D eigenvalue weighted by Crippen LogP contribution is 2.20. The second-order valence-electron chi connectivity index (χ2n) is 6.30. The topological polar surface area (TPSA) is 35.5 Å². The number of aliphatic hydroxyl groups is 1. The molecule has 3 nitrogen and oxygen atoms in total. The Balaban J connectivity index is 2.36. The van der Waals surface area contributed by atoms with Crippen molar-refractivity contribution in [2.45, 2.75) is 77.3 Å². The first kappa shape index (κ1) is 16.9. The van der Waals surface area contributed by atoms with Gasteiger partial charge in [-0.15, -0.1) is 0 Å². The number of hydrogen-bond donors (Lipinski definition) is 2. The number of rotatable bonds is 8. The van der Waals surface area contributed by atoms with Gasteiger partial charge in [0.25, 0.3) is 0 Å². The van der Waals surface area contributed by atoms with Crippen LogP contribution in [0.3, 0.4) is 0 Å². The van der Waals surface area contributed by atoms with Gasteiger partial charge in [-0.2, -0.15) is 0 Å². The Hall–Kier alpha value is -0.120. The lowest BCUT2D eigenvalue weighted by atomic mass is 9.96. The lowest BCUT2D eigenvalue weighted by molar-refractivity contribution is 0.147. The molecule has 0 aromatic carbocycles. The van der Waals surface area contributed by atoms with E-state index in [4.69, 9.17) is 0 Å². The van der Waals surface area contributed by atoms with Gasteiger partial charge < -0.3 is 15.3 Å². The van der Waals surface area contributed by atoms with Crippen molar-refractivity contribution in [1.29, 1.82) is 0 Å². The molecule has 1 heterocycles. The minimum absolute atomic E-state index is 0.0949. The largest absolute Gasteiger partial charge is 0.394 e. The molecule has 1 saturated heterocycles. The number of nitrogens with one attached hydrogen (secondary N) is 1. The molecule has 1 aliphatic rings. The summed E-state index contributed by atoms with van der Waals surface area (Å²) in [5, 5.41) is 12.9. The summed E-state index contributed by atoms with van der Waals surface area (Å²) in [7, 11) is 0. The molecule has 0 bridgehead atoms. The summed E-state index contributed by atoms with van der Waals surface area (Å²) in [5.74, 6) is 0. The van der Waals surface area contributed by atoms with E-state index in [1.165, 1.54) is 51.6 Å². The minimum atomic E-state index is -0.0949. The van der Waals surface area contributed by atoms with Gasteiger partial charge in [-0.05, 0) is 58.7 Å². The first-order valence-electron chi connectivity index (χ1n) is 8.25. The molecular formula is C16H34N2O. The molecule has 0 aromatic rings. The van der Waals surface area contributed by atoms with Gasteiger partial charge in [0.05, 0.1) is 6.61 Å². The third kappa shape index (κ3) is 5.80. The fraction of sp³-hybridized carbons (Fsp3) is 1.00. The molecule has 1 fully saturated rings. The van der Waals surface area contributed by atoms with Crippen LogP contribution in [0.5, 0.6) is 0 Å². The zero-order valence-corrected chi connectivity index (χ0v) is 13.2. The third-order valence-electron chi connectivity index (χ3n) is 4.60. The highest BCUT2D eigenvalue weighted by molar-refractivity contribution is 4.83. The van der Waals surface area contributed by atoms with Crippen LogP contribution in [0.25, 0.3) is 0 Å². The fourth-order valence-electron chi connectivity index (χ4n) is 3.32. The van der Waals surface area contributed by atoms with Gasteiger partial charge >= 0.3 is 0 Å². The van der Waals surface area contributed by atoms with E-state index in [1.807, 2.05) is 0 Å². The standard InChI is InChI=1S/C16H34N2O/c1-4-15-10-7-6-8-12-18(15)13-9-11-16(3,14-19)17-5-2/h15,17,19H,4-14H2,1-3H3. The number of likely N-dealkylation sites (tertiary alicyclic amines) is 1. The molecule has 1 aliphatic heterocycles. The van der Waals surface area contributed by atoms with Crippen LogP contribution >= 0.6 is 0 Å². The number of aliphatic hydroxyl groups excluding tert-OH is 1. The van der Waals surface area contributed by atoms with Gasteiger partial charge in [-0.1, -0.05) is 26.7 Å². The van der Waals surface area contributed by atoms with Gasteiger partial charge in [0.2, 0.25) is 0 Å². The van der Waals surface area contributed by atoms with Crippen molar-refractivity contribution in [2.75, 3.05) is 26.2 Å². The summed E-state index contributed by atoms with van der Waals surface area (Å²) in [4.78, 5) is 2.69. The minimum Gasteiger partial charge on any atom is -0.394 e. The maximum atomic E-state index is 9.52. The molecule has 0 amide bonds. The van der Waals surface area contributed by atoms with Crippen LogP contribution in [0.1, 0.15) is 65.7 Å².